The summed E-state index contributed by atoms with van der Waals surface area (Å²) in [6, 6.07) is 4.81. The highest BCUT2D eigenvalue weighted by atomic mass is 32.2. The average Bonchev–Trinajstić information content (AvgIpc) is 3.02. The second-order valence-corrected chi connectivity index (χ2v) is 13.3. The van der Waals surface area contributed by atoms with Crippen LogP contribution in [-0.4, -0.2) is 106 Å². The second kappa shape index (κ2) is 15.4. The summed E-state index contributed by atoms with van der Waals surface area (Å²) in [7, 11) is -4.55. The molecule has 0 amide bonds. The number of ether oxygens (including phenoxy) is 2. The summed E-state index contributed by atoms with van der Waals surface area (Å²) < 4.78 is 346. The number of aryl methyl sites for hydroxylation is 1. The predicted octanol–water partition coefficient (Wildman–Crippen LogP) is 9.12. The molecule has 0 saturated carbocycles. The molecule has 1 atom stereocenters. The van der Waals surface area contributed by atoms with Gasteiger partial charge in [0.2, 0.25) is 0 Å². The predicted molar refractivity (Wildman–Crippen MR) is 136 cm³/mol. The van der Waals surface area contributed by atoms with Crippen molar-refractivity contribution in [1.82, 2.24) is 0 Å². The molecule has 0 bridgehead atoms. The van der Waals surface area contributed by atoms with Gasteiger partial charge < -0.3 is 9.84 Å². The lowest BCUT2D eigenvalue weighted by molar-refractivity contribution is -0.527. The molecule has 0 fully saturated rings. The van der Waals surface area contributed by atoms with E-state index < -0.39 is 125 Å². The molecule has 328 valence electrons. The smallest absolute Gasteiger partial charge is 0.396 e. The number of hydrogen-bond acceptors (Lipinski definition) is 6. The number of alkyl halides is 23. The minimum atomic E-state index is -9.31. The van der Waals surface area contributed by atoms with Crippen molar-refractivity contribution in [2.24, 2.45) is 5.41 Å². The van der Waals surface area contributed by atoms with E-state index in [9.17, 15) is 115 Å². The van der Waals surface area contributed by atoms with E-state index >= 15 is 0 Å². The van der Waals surface area contributed by atoms with E-state index in [0.29, 0.717) is 5.56 Å². The Labute approximate surface area is 297 Å². The molecule has 1 rings (SSSR count). The summed E-state index contributed by atoms with van der Waals surface area (Å²) in [6.45, 7) is -2.11. The van der Waals surface area contributed by atoms with Gasteiger partial charge >= 0.3 is 65.8 Å². The van der Waals surface area contributed by atoms with Gasteiger partial charge in [0.1, 0.15) is 0 Å². The van der Waals surface area contributed by atoms with Gasteiger partial charge in [-0.15, -0.1) is 0 Å². The normalized spacial score (nSPS) is 16.8. The van der Waals surface area contributed by atoms with Crippen LogP contribution < -0.4 is 0 Å². The third kappa shape index (κ3) is 8.91. The van der Waals surface area contributed by atoms with E-state index in [1.54, 1.807) is 6.92 Å². The van der Waals surface area contributed by atoms with Crippen molar-refractivity contribution in [2.45, 2.75) is 84.5 Å². The van der Waals surface area contributed by atoms with Crippen LogP contribution in [0.2, 0.25) is 0 Å². The third-order valence-corrected chi connectivity index (χ3v) is 8.28. The maximum Gasteiger partial charge on any atom is 0.458 e. The molecule has 30 heteroatoms. The zero-order valence-corrected chi connectivity index (χ0v) is 27.7. The van der Waals surface area contributed by atoms with Crippen LogP contribution in [0.1, 0.15) is 12.5 Å². The first-order valence-electron chi connectivity index (χ1n) is 13.8. The van der Waals surface area contributed by atoms with Crippen LogP contribution in [0.25, 0.3) is 0 Å². The van der Waals surface area contributed by atoms with E-state index in [1.165, 1.54) is 12.1 Å². The summed E-state index contributed by atoms with van der Waals surface area (Å²) in [6.07, 6.45) is -27.0. The van der Waals surface area contributed by atoms with Crippen molar-refractivity contribution < 1.29 is 128 Å². The van der Waals surface area contributed by atoms with E-state index in [1.807, 2.05) is 0 Å². The third-order valence-electron chi connectivity index (χ3n) is 7.00. The molecule has 0 spiro atoms. The molecule has 1 unspecified atom stereocenters. The zero-order valence-electron chi connectivity index (χ0n) is 26.9. The first kappa shape index (κ1) is 51.2. The van der Waals surface area contributed by atoms with Gasteiger partial charge in [-0.05, 0) is 25.1 Å². The van der Waals surface area contributed by atoms with Crippen molar-refractivity contribution in [1.29, 1.82) is 0 Å². The minimum absolute atomic E-state index is 0.422. The molecular weight excluding hydrogens is 877 g/mol. The summed E-state index contributed by atoms with van der Waals surface area (Å²) in [5.41, 5.74) is -1.25. The number of allylic oxidation sites excluding steroid dienone is 1. The molecule has 1 aromatic rings. The molecule has 56 heavy (non-hydrogen) atoms. The number of hydrogen-bond donors (Lipinski definition) is 1. The lowest BCUT2D eigenvalue weighted by Crippen LogP contribution is -2.75. The van der Waals surface area contributed by atoms with E-state index in [0.717, 1.165) is 23.8 Å². The van der Waals surface area contributed by atoms with Crippen molar-refractivity contribution >= 4 is 10.1 Å². The van der Waals surface area contributed by atoms with Crippen LogP contribution in [0, 0.1) is 12.3 Å². The van der Waals surface area contributed by atoms with Crippen LogP contribution in [0.5, 0.6) is 0 Å². The Balaban J connectivity index is 3.35. The zero-order chi connectivity index (χ0) is 44.8. The van der Waals surface area contributed by atoms with Crippen LogP contribution in [0.15, 0.2) is 41.3 Å². The van der Waals surface area contributed by atoms with Gasteiger partial charge in [0, 0.05) is 5.41 Å². The molecule has 0 aliphatic rings. The first-order chi connectivity index (χ1) is 24.4. The Hall–Kier alpha value is -2.86. The highest BCUT2D eigenvalue weighted by Crippen LogP contribution is 2.65. The van der Waals surface area contributed by atoms with E-state index in [4.69, 9.17) is 4.18 Å². The molecule has 6 nitrogen and oxygen atoms in total. The Kier molecular flexibility index (Phi) is 14.1. The highest BCUT2D eigenvalue weighted by molar-refractivity contribution is 7.86. The van der Waals surface area contributed by atoms with Crippen molar-refractivity contribution in [3.8, 4) is 0 Å². The fourth-order valence-corrected chi connectivity index (χ4v) is 4.54. The number of halogens is 23. The lowest BCUT2D eigenvalue weighted by Gasteiger charge is -2.44. The average molecular weight is 898 g/mol. The Morgan fingerprint density at radius 2 is 1.00 bits per heavy atom. The molecule has 1 aromatic carbocycles. The number of benzene rings is 1. The summed E-state index contributed by atoms with van der Waals surface area (Å²) in [5, 5.41) is 9.52. The Bertz CT molecular complexity index is 1620. The lowest BCUT2D eigenvalue weighted by atomic mass is 9.88. The van der Waals surface area contributed by atoms with Crippen molar-refractivity contribution in [3.63, 3.8) is 0 Å². The number of rotatable bonds is 19. The topological polar surface area (TPSA) is 82.1 Å². The Morgan fingerprint density at radius 3 is 1.39 bits per heavy atom. The molecular formula is C26H21F23O6S. The molecule has 0 radical (unpaired) electrons. The SMILES string of the molecule is Cc1ccc(S(=O)(=O)OCC(C)(CO)COC/C=C/C(F)(F)C(F)(F)C(F)(F)C(F)(F)C(F)(F)C(F)(F)C(F)(F)C(F)(F)OC(F)(C(F)(F)F)C(F)(F)F)cc1. The quantitative estimate of drug-likeness (QED) is 0.0647. The van der Waals surface area contributed by atoms with Crippen LogP contribution in [0.3, 0.4) is 0 Å². The Morgan fingerprint density at radius 1 is 0.607 bits per heavy atom. The first-order valence-corrected chi connectivity index (χ1v) is 15.2. The minimum Gasteiger partial charge on any atom is -0.396 e. The maximum atomic E-state index is 14.1. The highest BCUT2D eigenvalue weighted by Gasteiger charge is 2.96. The molecule has 0 aliphatic heterocycles. The molecule has 1 N–H and O–H groups in total. The van der Waals surface area contributed by atoms with Gasteiger partial charge in [-0.3, -0.25) is 8.92 Å². The molecule has 0 aliphatic carbocycles. The fraction of sp³-hybridized carbons (Fsp3) is 0.692. The van der Waals surface area contributed by atoms with E-state index in [-0.39, 0.29) is 0 Å². The molecule has 0 aromatic heterocycles. The van der Waals surface area contributed by atoms with Gasteiger partial charge in [0.05, 0.1) is 31.3 Å². The number of aliphatic hydroxyl groups is 1. The largest absolute Gasteiger partial charge is 0.458 e. The fourth-order valence-electron chi connectivity index (χ4n) is 3.50. The molecule has 0 saturated heterocycles. The van der Waals surface area contributed by atoms with Gasteiger partial charge in [0.15, 0.2) is 0 Å². The van der Waals surface area contributed by atoms with Crippen LogP contribution in [0.4, 0.5) is 101 Å². The van der Waals surface area contributed by atoms with Crippen LogP contribution in [-0.2, 0) is 23.8 Å². The van der Waals surface area contributed by atoms with Crippen LogP contribution >= 0.6 is 0 Å². The summed E-state index contributed by atoms with van der Waals surface area (Å²) in [5.74, 6) is -69.2. The van der Waals surface area contributed by atoms with Crippen molar-refractivity contribution in [2.75, 3.05) is 26.4 Å². The summed E-state index contributed by atoms with van der Waals surface area (Å²) >= 11 is 0. The maximum absolute atomic E-state index is 14.1. The standard InChI is InChI=1S/C26H21F23O6S/c1-13-4-6-14(7-5-13)56(51,52)54-12-15(2,10-50)11-53-9-3-8-16(27,28)17(29,30)18(31,32)19(33,34)20(35,36)21(37,38)22(39,40)26(48,49)55-23(41,24(42,43)44)25(45,46)47/h3-8,50H,9-12H2,1-2H3/b8-3+. The van der Waals surface area contributed by atoms with Gasteiger partial charge in [-0.25, -0.2) is 0 Å². The van der Waals surface area contributed by atoms with Gasteiger partial charge in [0.25, 0.3) is 10.1 Å². The van der Waals surface area contributed by atoms with E-state index in [2.05, 4.69) is 4.74 Å². The van der Waals surface area contributed by atoms with Gasteiger partial charge in [-0.2, -0.15) is 109 Å². The summed E-state index contributed by atoms with van der Waals surface area (Å²) in [4.78, 5) is -0.422. The number of aliphatic hydroxyl groups excluding tert-OH is 1. The second-order valence-electron chi connectivity index (χ2n) is 11.7. The van der Waals surface area contributed by atoms with Gasteiger partial charge in [-0.1, -0.05) is 30.7 Å². The molecule has 0 heterocycles. The van der Waals surface area contributed by atoms with Crippen molar-refractivity contribution in [3.05, 3.63) is 42.0 Å². The monoisotopic (exact) mass is 898 g/mol.